The van der Waals surface area contributed by atoms with E-state index in [2.05, 4.69) is 27.8 Å². The lowest BCUT2D eigenvalue weighted by atomic mass is 9.89. The zero-order chi connectivity index (χ0) is 19.8. The smallest absolute Gasteiger partial charge is 0.191 e. The third-order valence-electron chi connectivity index (χ3n) is 4.86. The molecule has 2 N–H and O–H groups in total. The quantitative estimate of drug-likeness (QED) is 0.577. The standard InChI is InChI=1S/C22H27F2N3O/c1-2-25-22(27-15-18-13-19(23)10-11-20(18)24)26-14-17-9-6-12-28-21(17)16-7-4-3-5-8-16/h3-5,7-8,10-11,13,17,21H,2,6,9,12,14-15H2,1H3,(H2,25,26,27). The number of nitrogens with one attached hydrogen (secondary N) is 2. The number of hydrogen-bond acceptors (Lipinski definition) is 2. The summed E-state index contributed by atoms with van der Waals surface area (Å²) >= 11 is 0. The molecule has 0 aromatic heterocycles. The number of halogens is 2. The number of benzene rings is 2. The molecule has 1 aliphatic heterocycles. The lowest BCUT2D eigenvalue weighted by Gasteiger charge is -2.32. The third kappa shape index (κ3) is 5.52. The van der Waals surface area contributed by atoms with E-state index in [9.17, 15) is 8.78 Å². The minimum Gasteiger partial charge on any atom is -0.373 e. The van der Waals surface area contributed by atoms with E-state index in [1.54, 1.807) is 0 Å². The Labute approximate surface area is 165 Å². The van der Waals surface area contributed by atoms with Crippen molar-refractivity contribution in [3.63, 3.8) is 0 Å². The molecule has 0 spiro atoms. The fourth-order valence-electron chi connectivity index (χ4n) is 3.46. The summed E-state index contributed by atoms with van der Waals surface area (Å²) in [6, 6.07) is 13.7. The monoisotopic (exact) mass is 387 g/mol. The van der Waals surface area contributed by atoms with Crippen molar-refractivity contribution in [1.29, 1.82) is 0 Å². The van der Waals surface area contributed by atoms with Crippen LogP contribution in [0.15, 0.2) is 53.5 Å². The predicted molar refractivity (Wildman–Crippen MR) is 107 cm³/mol. The van der Waals surface area contributed by atoms with Crippen LogP contribution in [-0.2, 0) is 11.3 Å². The molecular formula is C22H27F2N3O. The Hall–Kier alpha value is -2.47. The van der Waals surface area contributed by atoms with Crippen LogP contribution in [0.2, 0.25) is 0 Å². The summed E-state index contributed by atoms with van der Waals surface area (Å²) < 4.78 is 33.2. The molecule has 1 saturated heterocycles. The van der Waals surface area contributed by atoms with Crippen molar-refractivity contribution in [1.82, 2.24) is 10.6 Å². The molecule has 2 aromatic carbocycles. The van der Waals surface area contributed by atoms with Crippen LogP contribution in [0.4, 0.5) is 8.78 Å². The number of guanidine groups is 1. The average Bonchev–Trinajstić information content (AvgIpc) is 2.73. The molecule has 0 amide bonds. The first kappa shape index (κ1) is 20.3. The van der Waals surface area contributed by atoms with Crippen LogP contribution in [0.5, 0.6) is 0 Å². The van der Waals surface area contributed by atoms with Gasteiger partial charge in [-0.25, -0.2) is 13.8 Å². The molecule has 6 heteroatoms. The van der Waals surface area contributed by atoms with E-state index in [1.165, 1.54) is 11.6 Å². The molecule has 28 heavy (non-hydrogen) atoms. The molecule has 0 radical (unpaired) electrons. The fourth-order valence-corrected chi connectivity index (χ4v) is 3.46. The molecule has 1 heterocycles. The van der Waals surface area contributed by atoms with Gasteiger partial charge in [-0.05, 0) is 43.5 Å². The van der Waals surface area contributed by atoms with Gasteiger partial charge in [-0.15, -0.1) is 0 Å². The average molecular weight is 387 g/mol. The second kappa shape index (κ2) is 10.2. The highest BCUT2D eigenvalue weighted by Gasteiger charge is 2.27. The molecule has 1 fully saturated rings. The van der Waals surface area contributed by atoms with Gasteiger partial charge >= 0.3 is 0 Å². The molecule has 4 nitrogen and oxygen atoms in total. The number of rotatable bonds is 6. The van der Waals surface area contributed by atoms with Crippen LogP contribution >= 0.6 is 0 Å². The van der Waals surface area contributed by atoms with Gasteiger partial charge in [0.25, 0.3) is 0 Å². The molecule has 2 unspecified atom stereocenters. The second-order valence-electron chi connectivity index (χ2n) is 6.92. The number of ether oxygens (including phenoxy) is 1. The van der Waals surface area contributed by atoms with Crippen molar-refractivity contribution in [2.75, 3.05) is 19.7 Å². The zero-order valence-electron chi connectivity index (χ0n) is 16.1. The van der Waals surface area contributed by atoms with Crippen molar-refractivity contribution >= 4 is 5.96 Å². The fraction of sp³-hybridized carbons (Fsp3) is 0.409. The van der Waals surface area contributed by atoms with Crippen molar-refractivity contribution in [3.8, 4) is 0 Å². The summed E-state index contributed by atoms with van der Waals surface area (Å²) in [6.45, 7) is 4.18. The van der Waals surface area contributed by atoms with Gasteiger partial charge in [0.1, 0.15) is 11.6 Å². The highest BCUT2D eigenvalue weighted by molar-refractivity contribution is 5.79. The Morgan fingerprint density at radius 1 is 1.14 bits per heavy atom. The molecule has 1 aliphatic rings. The Morgan fingerprint density at radius 2 is 1.96 bits per heavy atom. The van der Waals surface area contributed by atoms with Gasteiger partial charge in [-0.2, -0.15) is 0 Å². The molecule has 150 valence electrons. The van der Waals surface area contributed by atoms with Crippen molar-refractivity contribution in [3.05, 3.63) is 71.3 Å². The SMILES string of the molecule is CCNC(=NCc1cc(F)ccc1F)NCC1CCCOC1c1ccccc1. The van der Waals surface area contributed by atoms with Crippen molar-refractivity contribution in [2.24, 2.45) is 10.9 Å². The summed E-state index contributed by atoms with van der Waals surface area (Å²) in [6.07, 6.45) is 2.13. The third-order valence-corrected chi connectivity index (χ3v) is 4.86. The van der Waals surface area contributed by atoms with Gasteiger partial charge in [0, 0.05) is 31.2 Å². The van der Waals surface area contributed by atoms with Gasteiger partial charge in [-0.1, -0.05) is 30.3 Å². The van der Waals surface area contributed by atoms with E-state index >= 15 is 0 Å². The lowest BCUT2D eigenvalue weighted by Crippen LogP contribution is -2.42. The van der Waals surface area contributed by atoms with E-state index in [-0.39, 0.29) is 18.2 Å². The summed E-state index contributed by atoms with van der Waals surface area (Å²) in [5.74, 6) is -0.0186. The van der Waals surface area contributed by atoms with Crippen LogP contribution in [0.25, 0.3) is 0 Å². The van der Waals surface area contributed by atoms with Crippen LogP contribution < -0.4 is 10.6 Å². The Kier molecular flexibility index (Phi) is 7.37. The molecule has 0 bridgehead atoms. The first-order valence-electron chi connectivity index (χ1n) is 9.80. The molecule has 2 atom stereocenters. The normalized spacial score (nSPS) is 20.0. The van der Waals surface area contributed by atoms with Gasteiger partial charge in [0.15, 0.2) is 5.96 Å². The minimum atomic E-state index is -0.463. The van der Waals surface area contributed by atoms with Crippen LogP contribution in [-0.4, -0.2) is 25.7 Å². The maximum atomic E-state index is 13.8. The Balaban J connectivity index is 1.65. The largest absolute Gasteiger partial charge is 0.373 e. The van der Waals surface area contributed by atoms with E-state index in [0.29, 0.717) is 25.0 Å². The maximum Gasteiger partial charge on any atom is 0.191 e. The minimum absolute atomic E-state index is 0.0472. The first-order chi connectivity index (χ1) is 13.7. The Morgan fingerprint density at radius 3 is 2.75 bits per heavy atom. The summed E-state index contributed by atoms with van der Waals surface area (Å²) in [4.78, 5) is 4.41. The molecule has 0 saturated carbocycles. The lowest BCUT2D eigenvalue weighted by molar-refractivity contribution is -0.0265. The molecule has 3 rings (SSSR count). The van der Waals surface area contributed by atoms with Gasteiger partial charge in [-0.3, -0.25) is 0 Å². The predicted octanol–water partition coefficient (Wildman–Crippen LogP) is 4.19. The van der Waals surface area contributed by atoms with Crippen LogP contribution in [0.3, 0.4) is 0 Å². The van der Waals surface area contributed by atoms with E-state index < -0.39 is 11.6 Å². The summed E-state index contributed by atoms with van der Waals surface area (Å²) in [5.41, 5.74) is 1.41. The summed E-state index contributed by atoms with van der Waals surface area (Å²) in [7, 11) is 0. The number of nitrogens with zero attached hydrogens (tertiary/aromatic N) is 1. The Bertz CT molecular complexity index is 783. The maximum absolute atomic E-state index is 13.8. The molecule has 0 aliphatic carbocycles. The molecule has 2 aromatic rings. The van der Waals surface area contributed by atoms with E-state index in [0.717, 1.165) is 31.6 Å². The van der Waals surface area contributed by atoms with Gasteiger partial charge in [0.05, 0.1) is 12.6 Å². The highest BCUT2D eigenvalue weighted by Crippen LogP contribution is 2.33. The van der Waals surface area contributed by atoms with Crippen molar-refractivity contribution in [2.45, 2.75) is 32.4 Å². The first-order valence-corrected chi connectivity index (χ1v) is 9.80. The van der Waals surface area contributed by atoms with Gasteiger partial charge < -0.3 is 15.4 Å². The topological polar surface area (TPSA) is 45.7 Å². The van der Waals surface area contributed by atoms with E-state index in [4.69, 9.17) is 4.74 Å². The van der Waals surface area contributed by atoms with Gasteiger partial charge in [0.2, 0.25) is 0 Å². The highest BCUT2D eigenvalue weighted by atomic mass is 19.1. The van der Waals surface area contributed by atoms with Crippen LogP contribution in [0, 0.1) is 17.6 Å². The number of aliphatic imine (C=N–C) groups is 1. The van der Waals surface area contributed by atoms with Crippen molar-refractivity contribution < 1.29 is 13.5 Å². The second-order valence-corrected chi connectivity index (χ2v) is 6.92. The zero-order valence-corrected chi connectivity index (χ0v) is 16.1. The molecular weight excluding hydrogens is 360 g/mol. The number of hydrogen-bond donors (Lipinski definition) is 2. The summed E-state index contributed by atoms with van der Waals surface area (Å²) in [5, 5.41) is 6.50. The van der Waals surface area contributed by atoms with E-state index in [1.807, 2.05) is 25.1 Å². The van der Waals surface area contributed by atoms with Crippen LogP contribution in [0.1, 0.15) is 37.0 Å².